The number of hydrogen-bond acceptors (Lipinski definition) is 3. The predicted octanol–water partition coefficient (Wildman–Crippen LogP) is 4.98. The molecule has 0 aliphatic heterocycles. The van der Waals surface area contributed by atoms with Crippen molar-refractivity contribution in [3.8, 4) is 0 Å². The largest absolute Gasteiger partial charge is 0.316 e. The van der Waals surface area contributed by atoms with E-state index in [1.165, 1.54) is 10.6 Å². The Morgan fingerprint density at radius 1 is 0.500 bits per heavy atom. The lowest BCUT2D eigenvalue weighted by molar-refractivity contribution is 0.101. The molecule has 0 spiro atoms. The van der Waals surface area contributed by atoms with E-state index in [2.05, 4.69) is 4.98 Å². The van der Waals surface area contributed by atoms with E-state index in [1.54, 1.807) is 0 Å². The molecule has 1 heterocycles. The van der Waals surface area contributed by atoms with Crippen molar-refractivity contribution in [3.05, 3.63) is 87.8 Å². The number of amides is 2. The van der Waals surface area contributed by atoms with Gasteiger partial charge in [0.1, 0.15) is 22.8 Å². The van der Waals surface area contributed by atoms with Crippen molar-refractivity contribution in [2.75, 3.05) is 10.6 Å². The van der Waals surface area contributed by atoms with E-state index in [-0.39, 0.29) is 0 Å². The van der Waals surface area contributed by atoms with Crippen LogP contribution >= 0.6 is 0 Å². The molecule has 0 radical (unpaired) electrons. The summed E-state index contributed by atoms with van der Waals surface area (Å²) in [5.41, 5.74) is -5.21. The maximum atomic E-state index is 13.7. The number of nitrogens with one attached hydrogen (secondary N) is 2. The average molecular weight is 497 g/mol. The van der Waals surface area contributed by atoms with Crippen molar-refractivity contribution in [2.45, 2.75) is 0 Å². The third-order valence-electron chi connectivity index (χ3n) is 4.11. The van der Waals surface area contributed by atoms with Gasteiger partial charge >= 0.3 is 0 Å². The molecule has 0 saturated carbocycles. The van der Waals surface area contributed by atoms with Crippen LogP contribution in [0.5, 0.6) is 0 Å². The van der Waals surface area contributed by atoms with Gasteiger partial charge in [-0.2, -0.15) is 0 Å². The van der Waals surface area contributed by atoms with Crippen molar-refractivity contribution in [2.24, 2.45) is 0 Å². The van der Waals surface area contributed by atoms with Crippen LogP contribution in [-0.2, 0) is 0 Å². The fourth-order valence-electron chi connectivity index (χ4n) is 2.47. The smallest absolute Gasteiger partial charge is 0.274 e. The summed E-state index contributed by atoms with van der Waals surface area (Å²) in [4.78, 5) is 27.7. The molecule has 0 aliphatic carbocycles. The zero-order valence-corrected chi connectivity index (χ0v) is 15.8. The number of anilines is 2. The molecule has 0 fully saturated rings. The van der Waals surface area contributed by atoms with Gasteiger partial charge in [0.2, 0.25) is 11.6 Å². The monoisotopic (exact) mass is 497 g/mol. The van der Waals surface area contributed by atoms with Crippen LogP contribution in [0.15, 0.2) is 18.2 Å². The van der Waals surface area contributed by atoms with Gasteiger partial charge in [-0.25, -0.2) is 48.9 Å². The van der Waals surface area contributed by atoms with Gasteiger partial charge in [0, 0.05) is 0 Å². The van der Waals surface area contributed by atoms with Gasteiger partial charge in [-0.1, -0.05) is 6.07 Å². The molecule has 3 aromatic rings. The molecule has 2 amide bonds. The highest BCUT2D eigenvalue weighted by atomic mass is 19.2. The van der Waals surface area contributed by atoms with E-state index in [9.17, 15) is 53.5 Å². The van der Waals surface area contributed by atoms with Gasteiger partial charge < -0.3 is 10.6 Å². The van der Waals surface area contributed by atoms with E-state index in [4.69, 9.17) is 0 Å². The molecule has 178 valence electrons. The number of hydrogen-bond donors (Lipinski definition) is 2. The summed E-state index contributed by atoms with van der Waals surface area (Å²) in [6, 6.07) is 2.50. The lowest BCUT2D eigenvalue weighted by Crippen LogP contribution is -2.21. The first kappa shape index (κ1) is 24.5. The van der Waals surface area contributed by atoms with Gasteiger partial charge in [0.05, 0.1) is 0 Å². The summed E-state index contributed by atoms with van der Waals surface area (Å²) in [5.74, 6) is -27.1. The number of halogens is 10. The Labute approximate surface area is 181 Å². The molecule has 0 bridgehead atoms. The summed E-state index contributed by atoms with van der Waals surface area (Å²) < 4.78 is 134. The van der Waals surface area contributed by atoms with Gasteiger partial charge in [-0.05, 0) is 12.1 Å². The van der Waals surface area contributed by atoms with Crippen LogP contribution in [0.4, 0.5) is 55.3 Å². The minimum atomic E-state index is -2.49. The first-order chi connectivity index (χ1) is 15.9. The molecule has 0 saturated heterocycles. The maximum Gasteiger partial charge on any atom is 0.274 e. The fraction of sp³-hybridized carbons (Fsp3) is 0. The van der Waals surface area contributed by atoms with Crippen molar-refractivity contribution in [1.82, 2.24) is 4.98 Å². The standard InChI is InChI=1S/C19H5F10N3O2/c20-6-8(22)12(26)16(13(27)9(6)23)31-18(33)4-2-1-3-5(30-4)19(34)32-17-14(28)10(24)7(21)11(25)15(17)29/h1-3H,(H,31,33)(H,32,34). The maximum absolute atomic E-state index is 13.7. The first-order valence-electron chi connectivity index (χ1n) is 8.49. The number of carbonyl (C=O) groups is 2. The molecular formula is C19H5F10N3O2. The number of rotatable bonds is 4. The van der Waals surface area contributed by atoms with Crippen LogP contribution in [-0.4, -0.2) is 16.8 Å². The molecule has 3 rings (SSSR count). The molecular weight excluding hydrogens is 492 g/mol. The zero-order valence-electron chi connectivity index (χ0n) is 15.8. The Morgan fingerprint density at radius 2 is 0.765 bits per heavy atom. The van der Waals surface area contributed by atoms with Gasteiger partial charge in [0.15, 0.2) is 46.5 Å². The summed E-state index contributed by atoms with van der Waals surface area (Å²) in [7, 11) is 0. The molecule has 0 unspecified atom stereocenters. The number of aromatic nitrogens is 1. The molecule has 1 aromatic heterocycles. The highest BCUT2D eigenvalue weighted by Crippen LogP contribution is 2.28. The number of benzene rings is 2. The second-order valence-electron chi connectivity index (χ2n) is 6.21. The van der Waals surface area contributed by atoms with Gasteiger partial charge in [-0.15, -0.1) is 0 Å². The van der Waals surface area contributed by atoms with E-state index in [0.29, 0.717) is 0 Å². The molecule has 2 aromatic carbocycles. The quantitative estimate of drug-likeness (QED) is 0.304. The summed E-state index contributed by atoms with van der Waals surface area (Å²) >= 11 is 0. The van der Waals surface area contributed by atoms with Crippen molar-refractivity contribution >= 4 is 23.2 Å². The Kier molecular flexibility index (Phi) is 6.47. The van der Waals surface area contributed by atoms with Crippen LogP contribution in [0.1, 0.15) is 21.0 Å². The van der Waals surface area contributed by atoms with Crippen LogP contribution in [0.2, 0.25) is 0 Å². The second-order valence-corrected chi connectivity index (χ2v) is 6.21. The van der Waals surface area contributed by atoms with Crippen LogP contribution in [0.3, 0.4) is 0 Å². The third kappa shape index (κ3) is 4.11. The Bertz CT molecular complexity index is 1210. The normalized spacial score (nSPS) is 10.9. The minimum Gasteiger partial charge on any atom is -0.316 e. The lowest BCUT2D eigenvalue weighted by atomic mass is 10.2. The van der Waals surface area contributed by atoms with E-state index >= 15 is 0 Å². The van der Waals surface area contributed by atoms with E-state index in [0.717, 1.165) is 18.2 Å². The molecule has 0 atom stereocenters. The topological polar surface area (TPSA) is 71.1 Å². The Hall–Kier alpha value is -4.17. The van der Waals surface area contributed by atoms with Gasteiger partial charge in [-0.3, -0.25) is 9.59 Å². The SMILES string of the molecule is O=C(Nc1c(F)c(F)c(F)c(F)c1F)c1cccc(C(=O)Nc2c(F)c(F)c(F)c(F)c2F)n1. The fourth-order valence-corrected chi connectivity index (χ4v) is 2.47. The summed E-state index contributed by atoms with van der Waals surface area (Å²) in [5, 5.41) is 2.74. The Balaban J connectivity index is 1.91. The first-order valence-corrected chi connectivity index (χ1v) is 8.49. The van der Waals surface area contributed by atoms with Crippen LogP contribution < -0.4 is 10.6 Å². The van der Waals surface area contributed by atoms with E-state index < -0.39 is 92.7 Å². The Morgan fingerprint density at radius 3 is 1.06 bits per heavy atom. The molecule has 34 heavy (non-hydrogen) atoms. The molecule has 0 aliphatic rings. The van der Waals surface area contributed by atoms with Crippen LogP contribution in [0.25, 0.3) is 0 Å². The number of pyridine rings is 1. The van der Waals surface area contributed by atoms with Crippen molar-refractivity contribution in [3.63, 3.8) is 0 Å². The van der Waals surface area contributed by atoms with Crippen molar-refractivity contribution in [1.29, 1.82) is 0 Å². The zero-order chi connectivity index (χ0) is 25.5. The highest BCUT2D eigenvalue weighted by Gasteiger charge is 2.29. The number of carbonyl (C=O) groups excluding carboxylic acids is 2. The molecule has 5 nitrogen and oxygen atoms in total. The highest BCUT2D eigenvalue weighted by molar-refractivity contribution is 6.06. The summed E-state index contributed by atoms with van der Waals surface area (Å²) in [6.45, 7) is 0. The van der Waals surface area contributed by atoms with Gasteiger partial charge in [0.25, 0.3) is 11.8 Å². The predicted molar refractivity (Wildman–Crippen MR) is 92.6 cm³/mol. The average Bonchev–Trinajstić information content (AvgIpc) is 2.84. The molecule has 15 heteroatoms. The van der Waals surface area contributed by atoms with Crippen molar-refractivity contribution < 1.29 is 53.5 Å². The third-order valence-corrected chi connectivity index (χ3v) is 4.11. The second kappa shape index (κ2) is 8.99. The lowest BCUT2D eigenvalue weighted by Gasteiger charge is -2.11. The molecule has 2 N–H and O–H groups in total. The van der Waals surface area contributed by atoms with Crippen LogP contribution in [0, 0.1) is 58.2 Å². The number of nitrogens with zero attached hydrogens (tertiary/aromatic N) is 1. The van der Waals surface area contributed by atoms with E-state index in [1.807, 2.05) is 0 Å². The summed E-state index contributed by atoms with van der Waals surface area (Å²) in [6.07, 6.45) is 0. The minimum absolute atomic E-state index is 0.802.